The zero-order valence-electron chi connectivity index (χ0n) is 14.7. The molecule has 1 aliphatic carbocycles. The second-order valence-corrected chi connectivity index (χ2v) is 6.84. The molecule has 1 heterocycles. The number of ketones is 1. The van der Waals surface area contributed by atoms with Crippen LogP contribution in [0.4, 0.5) is 0 Å². The Morgan fingerprint density at radius 2 is 1.81 bits per heavy atom. The third kappa shape index (κ3) is 3.25. The third-order valence-electron chi connectivity index (χ3n) is 4.78. The van der Waals surface area contributed by atoms with Gasteiger partial charge in [0.05, 0.1) is 23.6 Å². The van der Waals surface area contributed by atoms with Gasteiger partial charge in [-0.3, -0.25) is 9.59 Å². The summed E-state index contributed by atoms with van der Waals surface area (Å²) >= 11 is 0. The minimum Gasteiger partial charge on any atom is -0.346 e. The Morgan fingerprint density at radius 3 is 2.54 bits per heavy atom. The molecule has 1 aliphatic rings. The summed E-state index contributed by atoms with van der Waals surface area (Å²) in [4.78, 5) is 29.6. The topological polar surface area (TPSA) is 64.0 Å². The lowest BCUT2D eigenvalue weighted by Gasteiger charge is -2.16. The summed E-state index contributed by atoms with van der Waals surface area (Å²) in [5.74, 6) is 0.951. The van der Waals surface area contributed by atoms with Crippen LogP contribution in [0.2, 0.25) is 0 Å². The van der Waals surface area contributed by atoms with E-state index in [9.17, 15) is 9.59 Å². The van der Waals surface area contributed by atoms with Crippen molar-refractivity contribution in [3.8, 4) is 0 Å². The van der Waals surface area contributed by atoms with Gasteiger partial charge in [0.25, 0.3) is 0 Å². The average Bonchev–Trinajstić information content (AvgIpc) is 3.45. The van der Waals surface area contributed by atoms with Crippen LogP contribution in [0.25, 0.3) is 11.0 Å². The quantitative estimate of drug-likeness (QED) is 0.694. The van der Waals surface area contributed by atoms with Gasteiger partial charge in [0, 0.05) is 11.5 Å². The van der Waals surface area contributed by atoms with E-state index < -0.39 is 0 Å². The molecule has 1 aromatic heterocycles. The van der Waals surface area contributed by atoms with Crippen molar-refractivity contribution in [3.63, 3.8) is 0 Å². The Labute approximate surface area is 152 Å². The molecule has 1 atom stereocenters. The summed E-state index contributed by atoms with van der Waals surface area (Å²) < 4.78 is 1.92. The summed E-state index contributed by atoms with van der Waals surface area (Å²) in [6.45, 7) is 2.12. The van der Waals surface area contributed by atoms with Gasteiger partial charge in [-0.15, -0.1) is 0 Å². The number of benzene rings is 2. The van der Waals surface area contributed by atoms with Crippen LogP contribution in [0.15, 0.2) is 54.6 Å². The number of rotatable bonds is 6. The average molecular weight is 347 g/mol. The van der Waals surface area contributed by atoms with E-state index in [1.54, 1.807) is 0 Å². The molecule has 132 valence electrons. The fourth-order valence-electron chi connectivity index (χ4n) is 3.19. The van der Waals surface area contributed by atoms with Crippen molar-refractivity contribution in [1.82, 2.24) is 14.9 Å². The Bertz CT molecular complexity index is 958. The van der Waals surface area contributed by atoms with Gasteiger partial charge in [-0.2, -0.15) is 0 Å². The van der Waals surface area contributed by atoms with E-state index in [4.69, 9.17) is 0 Å². The summed E-state index contributed by atoms with van der Waals surface area (Å²) in [5.41, 5.74) is 2.40. The van der Waals surface area contributed by atoms with Gasteiger partial charge in [-0.05, 0) is 31.9 Å². The number of para-hydroxylation sites is 2. The van der Waals surface area contributed by atoms with Gasteiger partial charge in [0.1, 0.15) is 5.82 Å². The normalized spacial score (nSPS) is 15.0. The summed E-state index contributed by atoms with van der Waals surface area (Å²) in [5, 5.41) is 3.04. The van der Waals surface area contributed by atoms with Crippen LogP contribution in [0, 0.1) is 5.92 Å². The van der Waals surface area contributed by atoms with Crippen LogP contribution >= 0.6 is 0 Å². The van der Waals surface area contributed by atoms with E-state index in [1.807, 2.05) is 66.1 Å². The molecule has 1 unspecified atom stereocenters. The van der Waals surface area contributed by atoms with E-state index in [0.717, 1.165) is 23.9 Å². The van der Waals surface area contributed by atoms with Crippen LogP contribution in [-0.2, 0) is 11.3 Å². The fraction of sp³-hybridized carbons (Fsp3) is 0.286. The Kier molecular flexibility index (Phi) is 4.29. The van der Waals surface area contributed by atoms with Crippen molar-refractivity contribution in [1.29, 1.82) is 0 Å². The number of Topliss-reactive ketones (excluding diaryl/α,β-unsaturated/α-hetero) is 1. The first kappa shape index (κ1) is 16.5. The number of carbonyl (C=O) groups excluding carboxylic acids is 2. The number of hydrogen-bond acceptors (Lipinski definition) is 3. The molecule has 0 radical (unpaired) electrons. The number of imidazole rings is 1. The molecule has 1 fully saturated rings. The van der Waals surface area contributed by atoms with E-state index in [1.165, 1.54) is 0 Å². The van der Waals surface area contributed by atoms with E-state index in [-0.39, 0.29) is 30.2 Å². The van der Waals surface area contributed by atoms with E-state index >= 15 is 0 Å². The Hall–Kier alpha value is -2.95. The highest BCUT2D eigenvalue weighted by Crippen LogP contribution is 2.30. The Morgan fingerprint density at radius 1 is 1.12 bits per heavy atom. The van der Waals surface area contributed by atoms with Crippen LogP contribution < -0.4 is 5.32 Å². The second-order valence-electron chi connectivity index (χ2n) is 6.84. The van der Waals surface area contributed by atoms with Crippen molar-refractivity contribution in [2.45, 2.75) is 32.4 Å². The van der Waals surface area contributed by atoms with E-state index in [2.05, 4.69) is 10.3 Å². The van der Waals surface area contributed by atoms with Crippen LogP contribution in [0.1, 0.15) is 42.0 Å². The second kappa shape index (κ2) is 6.75. The largest absolute Gasteiger partial charge is 0.346 e. The first-order valence-corrected chi connectivity index (χ1v) is 8.97. The first-order chi connectivity index (χ1) is 12.6. The number of hydrogen-bond donors (Lipinski definition) is 1. The molecular weight excluding hydrogens is 326 g/mol. The maximum Gasteiger partial charge on any atom is 0.223 e. The molecular formula is C21H21N3O2. The molecule has 3 aromatic rings. The number of carbonyl (C=O) groups is 2. The predicted octanol–water partition coefficient (Wildman–Crippen LogP) is 3.51. The van der Waals surface area contributed by atoms with Gasteiger partial charge in [-0.1, -0.05) is 42.5 Å². The molecule has 2 aromatic carbocycles. The molecule has 1 amide bonds. The fourth-order valence-corrected chi connectivity index (χ4v) is 3.19. The highest BCUT2D eigenvalue weighted by molar-refractivity contribution is 5.96. The molecule has 5 heteroatoms. The van der Waals surface area contributed by atoms with Crippen molar-refractivity contribution in [3.05, 3.63) is 66.0 Å². The minimum atomic E-state index is -0.251. The maximum atomic E-state index is 12.7. The standard InChI is InChI=1S/C21H21N3O2/c1-14(22-21(26)16-11-12-16)20-23-17-9-5-6-10-18(17)24(20)13-19(25)15-7-3-2-4-8-15/h2-10,14,16H,11-13H2,1H3,(H,22,26). The lowest BCUT2D eigenvalue weighted by atomic mass is 10.1. The van der Waals surface area contributed by atoms with E-state index in [0.29, 0.717) is 11.4 Å². The smallest absolute Gasteiger partial charge is 0.223 e. The summed E-state index contributed by atoms with van der Waals surface area (Å²) in [6, 6.07) is 16.7. The summed E-state index contributed by atoms with van der Waals surface area (Å²) in [6.07, 6.45) is 1.92. The lowest BCUT2D eigenvalue weighted by Crippen LogP contribution is -2.30. The zero-order valence-corrected chi connectivity index (χ0v) is 14.7. The maximum absolute atomic E-state index is 12.7. The molecule has 5 nitrogen and oxygen atoms in total. The molecule has 0 spiro atoms. The highest BCUT2D eigenvalue weighted by Gasteiger charge is 2.31. The minimum absolute atomic E-state index is 0.0238. The molecule has 26 heavy (non-hydrogen) atoms. The SMILES string of the molecule is CC(NC(=O)C1CC1)c1nc2ccccc2n1CC(=O)c1ccccc1. The monoisotopic (exact) mass is 347 g/mol. The van der Waals surface area contributed by atoms with Gasteiger partial charge in [-0.25, -0.2) is 4.98 Å². The Balaban J connectivity index is 1.67. The highest BCUT2D eigenvalue weighted by atomic mass is 16.2. The van der Waals surface area contributed by atoms with Crippen molar-refractivity contribution in [2.24, 2.45) is 5.92 Å². The molecule has 1 N–H and O–H groups in total. The number of nitrogens with one attached hydrogen (secondary N) is 1. The number of fused-ring (bicyclic) bond motifs is 1. The van der Waals surface area contributed by atoms with Crippen LogP contribution in [0.3, 0.4) is 0 Å². The summed E-state index contributed by atoms with van der Waals surface area (Å²) in [7, 11) is 0. The third-order valence-corrected chi connectivity index (χ3v) is 4.78. The zero-order chi connectivity index (χ0) is 18.1. The van der Waals surface area contributed by atoms with Crippen molar-refractivity contribution in [2.75, 3.05) is 0 Å². The van der Waals surface area contributed by atoms with Crippen LogP contribution in [0.5, 0.6) is 0 Å². The first-order valence-electron chi connectivity index (χ1n) is 8.97. The molecule has 1 saturated carbocycles. The lowest BCUT2D eigenvalue weighted by molar-refractivity contribution is -0.123. The van der Waals surface area contributed by atoms with Crippen LogP contribution in [-0.4, -0.2) is 21.2 Å². The van der Waals surface area contributed by atoms with Gasteiger partial charge < -0.3 is 9.88 Å². The van der Waals surface area contributed by atoms with Gasteiger partial charge in [0.2, 0.25) is 5.91 Å². The number of nitrogens with zero attached hydrogens (tertiary/aromatic N) is 2. The molecule has 0 saturated heterocycles. The predicted molar refractivity (Wildman–Crippen MR) is 99.8 cm³/mol. The van der Waals surface area contributed by atoms with Gasteiger partial charge >= 0.3 is 0 Å². The van der Waals surface area contributed by atoms with Gasteiger partial charge in [0.15, 0.2) is 5.78 Å². The molecule has 0 aliphatic heterocycles. The number of amides is 1. The number of aromatic nitrogens is 2. The molecule has 4 rings (SSSR count). The molecule has 0 bridgehead atoms. The van der Waals surface area contributed by atoms with Crippen molar-refractivity contribution < 1.29 is 9.59 Å². The van der Waals surface area contributed by atoms with Crippen molar-refractivity contribution >= 4 is 22.7 Å².